The molecular formula is C10H18NO8P. The summed E-state index contributed by atoms with van der Waals surface area (Å²) in [7, 11) is -4.25. The van der Waals surface area contributed by atoms with Crippen LogP contribution in [-0.4, -0.2) is 68.8 Å². The summed E-state index contributed by atoms with van der Waals surface area (Å²) in [6.45, 7) is 1.15. The first-order valence-electron chi connectivity index (χ1n) is 6.12. The molecule has 20 heavy (non-hydrogen) atoms. The van der Waals surface area contributed by atoms with Gasteiger partial charge in [0, 0.05) is 6.92 Å². The first-order chi connectivity index (χ1) is 9.15. The van der Waals surface area contributed by atoms with Gasteiger partial charge in [0.15, 0.2) is 6.29 Å². The van der Waals surface area contributed by atoms with Crippen molar-refractivity contribution in [2.75, 3.05) is 12.8 Å². The van der Waals surface area contributed by atoms with Crippen LogP contribution in [0.25, 0.3) is 0 Å². The molecule has 2 rings (SSSR count). The van der Waals surface area contributed by atoms with Gasteiger partial charge in [0.2, 0.25) is 5.91 Å². The van der Waals surface area contributed by atoms with Gasteiger partial charge in [0.25, 0.3) is 0 Å². The van der Waals surface area contributed by atoms with Crippen molar-refractivity contribution >= 4 is 13.5 Å². The predicted molar refractivity (Wildman–Crippen MR) is 64.7 cm³/mol. The second kappa shape index (κ2) is 5.34. The van der Waals surface area contributed by atoms with E-state index < -0.39 is 49.8 Å². The van der Waals surface area contributed by atoms with E-state index in [1.165, 1.54) is 6.92 Å². The zero-order valence-corrected chi connectivity index (χ0v) is 11.7. The van der Waals surface area contributed by atoms with Gasteiger partial charge in [-0.3, -0.25) is 9.36 Å². The van der Waals surface area contributed by atoms with Gasteiger partial charge in [-0.15, -0.1) is 0 Å². The highest BCUT2D eigenvalue weighted by Gasteiger charge is 2.59. The van der Waals surface area contributed by atoms with Gasteiger partial charge >= 0.3 is 7.60 Å². The third-order valence-electron chi connectivity index (χ3n) is 3.56. The normalized spacial score (nSPS) is 40.6. The third kappa shape index (κ3) is 3.04. The molecule has 0 spiro atoms. The number of hydrogen-bond acceptors (Lipinski definition) is 6. The summed E-state index contributed by atoms with van der Waals surface area (Å²) in [6, 6.07) is -0.923. The van der Waals surface area contributed by atoms with Crippen LogP contribution in [-0.2, 0) is 18.8 Å². The van der Waals surface area contributed by atoms with Gasteiger partial charge in [0.1, 0.15) is 23.9 Å². The molecule has 116 valence electrons. The molecule has 5 atom stereocenters. The number of aliphatic hydroxyl groups excluding tert-OH is 2. The standard InChI is InChI=1S/C10H18NO8P/c1-5(12)11-6-7(13)8(14)10(2-3-20(15,16)17)4-18-9(6)19-10/h6-9,13-14H,2-4H2,1H3,(H,11,12)(H2,15,16,17)/t6-,7-,8+,9+,10+/m1/s1. The number of aliphatic hydroxyl groups is 2. The van der Waals surface area contributed by atoms with Crippen LogP contribution < -0.4 is 5.32 Å². The Hall–Kier alpha value is -0.540. The number of ether oxygens (including phenoxy) is 2. The van der Waals surface area contributed by atoms with E-state index in [4.69, 9.17) is 19.3 Å². The summed E-state index contributed by atoms with van der Waals surface area (Å²) in [6.07, 6.45) is -4.34. The molecule has 2 heterocycles. The maximum absolute atomic E-state index is 11.1. The minimum Gasteiger partial charge on any atom is -0.388 e. The number of amides is 1. The van der Waals surface area contributed by atoms with Crippen LogP contribution in [0, 0.1) is 0 Å². The fraction of sp³-hybridized carbons (Fsp3) is 0.900. The molecule has 1 amide bonds. The van der Waals surface area contributed by atoms with Gasteiger partial charge in [-0.25, -0.2) is 0 Å². The molecule has 0 aromatic rings. The van der Waals surface area contributed by atoms with Crippen molar-refractivity contribution in [2.24, 2.45) is 0 Å². The quantitative estimate of drug-likeness (QED) is 0.371. The summed E-state index contributed by atoms with van der Waals surface area (Å²) in [5.41, 5.74) is -1.36. The highest BCUT2D eigenvalue weighted by molar-refractivity contribution is 7.51. The Balaban J connectivity index is 2.12. The fourth-order valence-corrected chi connectivity index (χ4v) is 3.20. The second-order valence-corrected chi connectivity index (χ2v) is 6.94. The van der Waals surface area contributed by atoms with E-state index in [-0.39, 0.29) is 13.0 Å². The molecule has 2 fully saturated rings. The van der Waals surface area contributed by atoms with E-state index in [2.05, 4.69) is 5.32 Å². The lowest BCUT2D eigenvalue weighted by Gasteiger charge is -2.42. The van der Waals surface area contributed by atoms with E-state index in [0.29, 0.717) is 0 Å². The van der Waals surface area contributed by atoms with E-state index in [1.807, 2.05) is 0 Å². The highest BCUT2D eigenvalue weighted by Crippen LogP contribution is 2.44. The van der Waals surface area contributed by atoms with Gasteiger partial charge in [-0.1, -0.05) is 0 Å². The Kier molecular flexibility index (Phi) is 4.23. The number of carbonyl (C=O) groups is 1. The molecule has 5 N–H and O–H groups in total. The SMILES string of the molecule is CC(=O)N[C@H]1[C@H]2OC[C@](CCP(=O)(O)O)(O2)[C@@H](O)[C@@H]1O. The van der Waals surface area contributed by atoms with Crippen molar-refractivity contribution in [3.8, 4) is 0 Å². The number of fused-ring (bicyclic) bond motifs is 2. The van der Waals surface area contributed by atoms with Crippen LogP contribution in [0.2, 0.25) is 0 Å². The average Bonchev–Trinajstić information content (AvgIpc) is 2.72. The van der Waals surface area contributed by atoms with Crippen molar-refractivity contribution in [1.29, 1.82) is 0 Å². The highest BCUT2D eigenvalue weighted by atomic mass is 31.2. The van der Waals surface area contributed by atoms with Gasteiger partial charge in [-0.2, -0.15) is 0 Å². The molecule has 9 nitrogen and oxygen atoms in total. The lowest BCUT2D eigenvalue weighted by molar-refractivity contribution is -0.225. The fourth-order valence-electron chi connectivity index (χ4n) is 2.53. The van der Waals surface area contributed by atoms with Crippen LogP contribution >= 0.6 is 7.60 Å². The number of hydrogen-bond donors (Lipinski definition) is 5. The molecule has 0 unspecified atom stereocenters. The molecule has 2 aliphatic heterocycles. The van der Waals surface area contributed by atoms with Crippen molar-refractivity contribution in [3.05, 3.63) is 0 Å². The number of nitrogens with one attached hydrogen (secondary N) is 1. The first-order valence-corrected chi connectivity index (χ1v) is 7.92. The largest absolute Gasteiger partial charge is 0.388 e. The van der Waals surface area contributed by atoms with Crippen LogP contribution in [0.15, 0.2) is 0 Å². The van der Waals surface area contributed by atoms with Crippen LogP contribution in [0.3, 0.4) is 0 Å². The Morgan fingerprint density at radius 2 is 2.10 bits per heavy atom. The van der Waals surface area contributed by atoms with Gasteiger partial charge < -0.3 is 34.8 Å². The second-order valence-electron chi connectivity index (χ2n) is 5.16. The minimum atomic E-state index is -4.25. The van der Waals surface area contributed by atoms with Crippen LogP contribution in [0.4, 0.5) is 0 Å². The molecule has 2 saturated heterocycles. The maximum atomic E-state index is 11.1. The van der Waals surface area contributed by atoms with E-state index in [1.54, 1.807) is 0 Å². The van der Waals surface area contributed by atoms with Gasteiger partial charge in [0.05, 0.1) is 12.8 Å². The summed E-state index contributed by atoms with van der Waals surface area (Å²) in [4.78, 5) is 28.9. The zero-order valence-electron chi connectivity index (χ0n) is 10.8. The molecule has 10 heteroatoms. The van der Waals surface area contributed by atoms with Crippen molar-refractivity contribution in [1.82, 2.24) is 5.32 Å². The molecule has 0 aliphatic carbocycles. The minimum absolute atomic E-state index is 0.105. The van der Waals surface area contributed by atoms with Crippen molar-refractivity contribution in [2.45, 2.75) is 43.5 Å². The lowest BCUT2D eigenvalue weighted by atomic mass is 9.86. The zero-order chi connectivity index (χ0) is 15.1. The number of rotatable bonds is 4. The number of carbonyl (C=O) groups excluding carboxylic acids is 1. The molecule has 0 saturated carbocycles. The topological polar surface area (TPSA) is 146 Å². The molecule has 0 radical (unpaired) electrons. The molecule has 0 aromatic carbocycles. The third-order valence-corrected chi connectivity index (χ3v) is 4.37. The van der Waals surface area contributed by atoms with Gasteiger partial charge in [-0.05, 0) is 6.42 Å². The summed E-state index contributed by atoms with van der Waals surface area (Å²) < 4.78 is 21.7. The smallest absolute Gasteiger partial charge is 0.325 e. The van der Waals surface area contributed by atoms with Crippen LogP contribution in [0.1, 0.15) is 13.3 Å². The average molecular weight is 311 g/mol. The van der Waals surface area contributed by atoms with Crippen molar-refractivity contribution in [3.63, 3.8) is 0 Å². The summed E-state index contributed by atoms with van der Waals surface area (Å²) in [5.74, 6) is -0.414. The summed E-state index contributed by atoms with van der Waals surface area (Å²) in [5, 5.41) is 22.6. The maximum Gasteiger partial charge on any atom is 0.325 e. The Morgan fingerprint density at radius 1 is 1.45 bits per heavy atom. The molecule has 2 bridgehead atoms. The first kappa shape index (κ1) is 15.8. The Morgan fingerprint density at radius 3 is 2.65 bits per heavy atom. The molecule has 0 aromatic heterocycles. The Labute approximate surface area is 115 Å². The van der Waals surface area contributed by atoms with E-state index >= 15 is 0 Å². The van der Waals surface area contributed by atoms with E-state index in [9.17, 15) is 19.6 Å². The molecular weight excluding hydrogens is 293 g/mol. The molecule has 2 aliphatic rings. The van der Waals surface area contributed by atoms with E-state index in [0.717, 1.165) is 0 Å². The monoisotopic (exact) mass is 311 g/mol. The van der Waals surface area contributed by atoms with Crippen LogP contribution in [0.5, 0.6) is 0 Å². The lowest BCUT2D eigenvalue weighted by Crippen LogP contribution is -2.65. The summed E-state index contributed by atoms with van der Waals surface area (Å²) >= 11 is 0. The predicted octanol–water partition coefficient (Wildman–Crippen LogP) is -2.09. The van der Waals surface area contributed by atoms with Crippen molar-refractivity contribution < 1.29 is 38.8 Å². The Bertz CT molecular complexity index is 439.